The number of hydrogen-bond donors (Lipinski definition) is 1. The minimum absolute atomic E-state index is 0.126. The smallest absolute Gasteiger partial charge is 0.251 e. The van der Waals surface area contributed by atoms with Crippen LogP contribution in [0.4, 0.5) is 0 Å². The molecule has 0 radical (unpaired) electrons. The van der Waals surface area contributed by atoms with Crippen molar-refractivity contribution in [2.45, 2.75) is 13.0 Å². The number of rotatable bonds is 6. The summed E-state index contributed by atoms with van der Waals surface area (Å²) in [5.41, 5.74) is 1.79. The van der Waals surface area contributed by atoms with Gasteiger partial charge in [0.15, 0.2) is 0 Å². The standard InChI is InChI=1S/C19H18ClN3O/c20-17-8-4-7-16(13-17)19(24)22-10-9-18-21-11-12-23(18)14-15-5-2-1-3-6-15/h1-8,11-13H,9-10,14H2,(H,22,24). The maximum Gasteiger partial charge on any atom is 0.251 e. The summed E-state index contributed by atoms with van der Waals surface area (Å²) in [6.45, 7) is 1.30. The number of hydrogen-bond acceptors (Lipinski definition) is 2. The van der Waals surface area contributed by atoms with Crippen LogP contribution in [0.25, 0.3) is 0 Å². The van der Waals surface area contributed by atoms with E-state index in [9.17, 15) is 4.79 Å². The average molecular weight is 340 g/mol. The van der Waals surface area contributed by atoms with Crippen molar-refractivity contribution in [3.63, 3.8) is 0 Å². The van der Waals surface area contributed by atoms with E-state index in [-0.39, 0.29) is 5.91 Å². The number of amides is 1. The van der Waals surface area contributed by atoms with Gasteiger partial charge in [-0.3, -0.25) is 4.79 Å². The normalized spacial score (nSPS) is 10.5. The quantitative estimate of drug-likeness (QED) is 0.746. The Labute approximate surface area is 146 Å². The molecule has 1 aromatic heterocycles. The summed E-state index contributed by atoms with van der Waals surface area (Å²) in [7, 11) is 0. The van der Waals surface area contributed by atoms with Crippen molar-refractivity contribution in [1.29, 1.82) is 0 Å². The molecular formula is C19H18ClN3O. The lowest BCUT2D eigenvalue weighted by molar-refractivity contribution is 0.0954. The Bertz CT molecular complexity index is 814. The Hall–Kier alpha value is -2.59. The highest BCUT2D eigenvalue weighted by atomic mass is 35.5. The van der Waals surface area contributed by atoms with Gasteiger partial charge in [-0.1, -0.05) is 48.0 Å². The Kier molecular flexibility index (Phi) is 5.29. The van der Waals surface area contributed by atoms with Crippen LogP contribution in [0, 0.1) is 0 Å². The third kappa shape index (κ3) is 4.24. The van der Waals surface area contributed by atoms with Crippen LogP contribution in [-0.2, 0) is 13.0 Å². The molecule has 1 N–H and O–H groups in total. The van der Waals surface area contributed by atoms with Crippen molar-refractivity contribution in [2.75, 3.05) is 6.54 Å². The van der Waals surface area contributed by atoms with E-state index in [1.54, 1.807) is 30.5 Å². The first-order valence-electron chi connectivity index (χ1n) is 7.80. The third-order valence-corrected chi connectivity index (χ3v) is 3.95. The van der Waals surface area contributed by atoms with Crippen LogP contribution < -0.4 is 5.32 Å². The van der Waals surface area contributed by atoms with Crippen molar-refractivity contribution in [2.24, 2.45) is 0 Å². The molecule has 0 aliphatic heterocycles. The zero-order chi connectivity index (χ0) is 16.8. The minimum Gasteiger partial charge on any atom is -0.352 e. The number of nitrogens with zero attached hydrogens (tertiary/aromatic N) is 2. The van der Waals surface area contributed by atoms with Gasteiger partial charge in [-0.05, 0) is 23.8 Å². The molecule has 0 atom stereocenters. The van der Waals surface area contributed by atoms with Crippen molar-refractivity contribution in [1.82, 2.24) is 14.9 Å². The number of halogens is 1. The number of benzene rings is 2. The topological polar surface area (TPSA) is 46.9 Å². The first-order chi connectivity index (χ1) is 11.7. The highest BCUT2D eigenvalue weighted by Crippen LogP contribution is 2.10. The fourth-order valence-corrected chi connectivity index (χ4v) is 2.70. The van der Waals surface area contributed by atoms with Crippen LogP contribution in [-0.4, -0.2) is 22.0 Å². The molecule has 0 saturated heterocycles. The molecule has 4 nitrogen and oxygen atoms in total. The predicted molar refractivity (Wildman–Crippen MR) is 95.3 cm³/mol. The molecule has 3 rings (SSSR count). The second-order valence-corrected chi connectivity index (χ2v) is 5.91. The van der Waals surface area contributed by atoms with Crippen LogP contribution in [0.1, 0.15) is 21.7 Å². The molecule has 24 heavy (non-hydrogen) atoms. The van der Waals surface area contributed by atoms with E-state index in [4.69, 9.17) is 11.6 Å². The zero-order valence-corrected chi connectivity index (χ0v) is 13.9. The number of carbonyl (C=O) groups is 1. The second kappa shape index (κ2) is 7.79. The molecule has 5 heteroatoms. The predicted octanol–water partition coefficient (Wildman–Crippen LogP) is 3.56. The third-order valence-electron chi connectivity index (χ3n) is 3.72. The summed E-state index contributed by atoms with van der Waals surface area (Å²) >= 11 is 5.91. The number of nitrogens with one attached hydrogen (secondary N) is 1. The largest absolute Gasteiger partial charge is 0.352 e. The van der Waals surface area contributed by atoms with E-state index < -0.39 is 0 Å². The van der Waals surface area contributed by atoms with Crippen LogP contribution in [0.3, 0.4) is 0 Å². The highest BCUT2D eigenvalue weighted by molar-refractivity contribution is 6.30. The summed E-state index contributed by atoms with van der Waals surface area (Å²) in [6.07, 6.45) is 4.42. The summed E-state index contributed by atoms with van der Waals surface area (Å²) in [6, 6.07) is 17.2. The Morgan fingerprint density at radius 1 is 1.12 bits per heavy atom. The molecule has 0 bridgehead atoms. The molecule has 1 heterocycles. The first-order valence-corrected chi connectivity index (χ1v) is 8.18. The van der Waals surface area contributed by atoms with Crippen LogP contribution in [0.2, 0.25) is 5.02 Å². The van der Waals surface area contributed by atoms with Crippen molar-refractivity contribution in [3.05, 3.63) is 89.0 Å². The van der Waals surface area contributed by atoms with Crippen LogP contribution in [0.5, 0.6) is 0 Å². The van der Waals surface area contributed by atoms with Crippen molar-refractivity contribution in [3.8, 4) is 0 Å². The molecule has 0 unspecified atom stereocenters. The number of aromatic nitrogens is 2. The van der Waals surface area contributed by atoms with Gasteiger partial charge in [0, 0.05) is 42.5 Å². The van der Waals surface area contributed by atoms with E-state index >= 15 is 0 Å². The molecule has 0 saturated carbocycles. The minimum atomic E-state index is -0.126. The van der Waals surface area contributed by atoms with Gasteiger partial charge in [0.1, 0.15) is 5.82 Å². The van der Waals surface area contributed by atoms with Gasteiger partial charge in [0.2, 0.25) is 0 Å². The molecule has 0 aliphatic carbocycles. The summed E-state index contributed by atoms with van der Waals surface area (Å²) in [4.78, 5) is 16.5. The highest BCUT2D eigenvalue weighted by Gasteiger charge is 2.07. The van der Waals surface area contributed by atoms with Gasteiger partial charge >= 0.3 is 0 Å². The van der Waals surface area contributed by atoms with E-state index in [0.29, 0.717) is 23.6 Å². The van der Waals surface area contributed by atoms with Crippen molar-refractivity contribution >= 4 is 17.5 Å². The average Bonchev–Trinajstić information content (AvgIpc) is 3.03. The summed E-state index contributed by atoms with van der Waals surface area (Å²) < 4.78 is 2.10. The lowest BCUT2D eigenvalue weighted by Crippen LogP contribution is -2.26. The van der Waals surface area contributed by atoms with E-state index in [1.165, 1.54) is 5.56 Å². The maximum atomic E-state index is 12.1. The van der Waals surface area contributed by atoms with E-state index in [0.717, 1.165) is 12.4 Å². The Morgan fingerprint density at radius 3 is 2.75 bits per heavy atom. The van der Waals surface area contributed by atoms with Crippen molar-refractivity contribution < 1.29 is 4.79 Å². The lowest BCUT2D eigenvalue weighted by atomic mass is 10.2. The fraction of sp³-hybridized carbons (Fsp3) is 0.158. The zero-order valence-electron chi connectivity index (χ0n) is 13.2. The Balaban J connectivity index is 1.56. The van der Waals surface area contributed by atoms with Gasteiger partial charge in [-0.2, -0.15) is 0 Å². The van der Waals surface area contributed by atoms with Gasteiger partial charge in [-0.25, -0.2) is 4.98 Å². The first kappa shape index (κ1) is 16.3. The SMILES string of the molecule is O=C(NCCc1nccn1Cc1ccccc1)c1cccc(Cl)c1. The Morgan fingerprint density at radius 2 is 1.96 bits per heavy atom. The van der Waals surface area contributed by atoms with Gasteiger partial charge in [-0.15, -0.1) is 0 Å². The summed E-state index contributed by atoms with van der Waals surface area (Å²) in [5, 5.41) is 3.46. The van der Waals surface area contributed by atoms with E-state index in [2.05, 4.69) is 27.0 Å². The molecule has 3 aromatic rings. The van der Waals surface area contributed by atoms with Gasteiger partial charge in [0.25, 0.3) is 5.91 Å². The molecule has 0 fully saturated rings. The van der Waals surface area contributed by atoms with Crippen LogP contribution >= 0.6 is 11.6 Å². The van der Waals surface area contributed by atoms with Gasteiger partial charge < -0.3 is 9.88 Å². The monoisotopic (exact) mass is 339 g/mol. The fourth-order valence-electron chi connectivity index (χ4n) is 2.51. The van der Waals surface area contributed by atoms with Gasteiger partial charge in [0.05, 0.1) is 0 Å². The molecule has 122 valence electrons. The lowest BCUT2D eigenvalue weighted by Gasteiger charge is -2.09. The molecule has 2 aromatic carbocycles. The maximum absolute atomic E-state index is 12.1. The molecular weight excluding hydrogens is 322 g/mol. The number of carbonyl (C=O) groups excluding carboxylic acids is 1. The molecule has 0 aliphatic rings. The number of imidazole rings is 1. The van der Waals surface area contributed by atoms with E-state index in [1.807, 2.05) is 24.4 Å². The van der Waals surface area contributed by atoms with Crippen LogP contribution in [0.15, 0.2) is 67.0 Å². The second-order valence-electron chi connectivity index (χ2n) is 5.47. The molecule has 1 amide bonds. The molecule has 0 spiro atoms. The summed E-state index contributed by atoms with van der Waals surface area (Å²) in [5.74, 6) is 0.823.